The third-order valence-corrected chi connectivity index (χ3v) is 8.56. The van der Waals surface area contributed by atoms with Crippen LogP contribution in [0.25, 0.3) is 0 Å². The maximum atomic E-state index is 13.8. The van der Waals surface area contributed by atoms with Crippen LogP contribution >= 0.6 is 11.3 Å². The van der Waals surface area contributed by atoms with Crippen LogP contribution in [-0.4, -0.2) is 36.6 Å². The van der Waals surface area contributed by atoms with E-state index in [1.807, 2.05) is 94.6 Å². The molecule has 1 amide bonds. The van der Waals surface area contributed by atoms with E-state index in [1.54, 1.807) is 16.2 Å². The highest BCUT2D eigenvalue weighted by Crippen LogP contribution is 2.26. The molecule has 182 valence electrons. The molecule has 0 saturated carbocycles. The summed E-state index contributed by atoms with van der Waals surface area (Å²) in [7, 11) is -3.85. The van der Waals surface area contributed by atoms with Crippen molar-refractivity contribution < 1.29 is 13.2 Å². The zero-order valence-corrected chi connectivity index (χ0v) is 22.2. The van der Waals surface area contributed by atoms with Gasteiger partial charge in [-0.05, 0) is 54.8 Å². The van der Waals surface area contributed by atoms with Crippen molar-refractivity contribution in [3.63, 3.8) is 0 Å². The number of benzene rings is 2. The van der Waals surface area contributed by atoms with E-state index in [0.29, 0.717) is 29.1 Å². The molecule has 0 aliphatic rings. The molecule has 5 nitrogen and oxygen atoms in total. The highest BCUT2D eigenvalue weighted by molar-refractivity contribution is 7.89. The van der Waals surface area contributed by atoms with Gasteiger partial charge in [-0.2, -0.15) is 4.31 Å². The first kappa shape index (κ1) is 26.1. The molecular formula is C27H34N2O3S2. The Hall–Kier alpha value is -2.48. The zero-order chi connectivity index (χ0) is 24.9. The highest BCUT2D eigenvalue weighted by Gasteiger charge is 2.31. The Kier molecular flexibility index (Phi) is 8.68. The molecule has 2 aromatic carbocycles. The number of thiophene rings is 1. The Morgan fingerprint density at radius 1 is 0.941 bits per heavy atom. The smallest absolute Gasteiger partial charge is 0.244 e. The van der Waals surface area contributed by atoms with Gasteiger partial charge < -0.3 is 4.90 Å². The third kappa shape index (κ3) is 6.56. The molecule has 0 atom stereocenters. The van der Waals surface area contributed by atoms with Crippen LogP contribution in [0.3, 0.4) is 0 Å². The summed E-state index contributed by atoms with van der Waals surface area (Å²) in [6.45, 7) is 10.5. The summed E-state index contributed by atoms with van der Waals surface area (Å²) >= 11 is 1.59. The fraction of sp³-hybridized carbons (Fsp3) is 0.370. The second-order valence-corrected chi connectivity index (χ2v) is 12.1. The van der Waals surface area contributed by atoms with Gasteiger partial charge in [-0.15, -0.1) is 11.3 Å². The van der Waals surface area contributed by atoms with Gasteiger partial charge in [0.25, 0.3) is 0 Å². The van der Waals surface area contributed by atoms with Gasteiger partial charge in [0, 0.05) is 18.0 Å². The average Bonchev–Trinajstić information content (AvgIpc) is 3.25. The predicted molar refractivity (Wildman–Crippen MR) is 139 cm³/mol. The van der Waals surface area contributed by atoms with Gasteiger partial charge in [-0.1, -0.05) is 67.9 Å². The fourth-order valence-corrected chi connectivity index (χ4v) is 6.92. The van der Waals surface area contributed by atoms with Gasteiger partial charge in [-0.25, -0.2) is 8.42 Å². The van der Waals surface area contributed by atoms with E-state index in [1.165, 1.54) is 4.31 Å². The molecule has 0 aliphatic heterocycles. The van der Waals surface area contributed by atoms with Gasteiger partial charge in [0.05, 0.1) is 18.0 Å². The highest BCUT2D eigenvalue weighted by atomic mass is 32.2. The number of nitrogens with zero attached hydrogens (tertiary/aromatic N) is 2. The molecule has 0 saturated heterocycles. The Labute approximate surface area is 208 Å². The van der Waals surface area contributed by atoms with Crippen LogP contribution in [0.5, 0.6) is 0 Å². The largest absolute Gasteiger partial charge is 0.332 e. The molecule has 0 fully saturated rings. The molecule has 34 heavy (non-hydrogen) atoms. The molecule has 3 rings (SSSR count). The van der Waals surface area contributed by atoms with Crippen LogP contribution in [0.1, 0.15) is 41.0 Å². The molecule has 3 aromatic rings. The molecule has 0 radical (unpaired) electrons. The van der Waals surface area contributed by atoms with Crippen LogP contribution in [0.15, 0.2) is 64.9 Å². The van der Waals surface area contributed by atoms with Crippen molar-refractivity contribution in [2.45, 2.75) is 52.6 Å². The zero-order valence-electron chi connectivity index (χ0n) is 20.6. The standard InChI is InChI=1S/C27H34N2O3S2/c1-20(2)16-29(34(31,32)27-22(4)14-21(3)15-23(27)5)19-26(30)28(18-25-12-9-13-33-25)17-24-10-7-6-8-11-24/h6-15,20H,16-19H2,1-5H3. The summed E-state index contributed by atoms with van der Waals surface area (Å²) < 4.78 is 29.0. The van der Waals surface area contributed by atoms with E-state index >= 15 is 0 Å². The maximum absolute atomic E-state index is 13.8. The first-order valence-electron chi connectivity index (χ1n) is 11.5. The minimum atomic E-state index is -3.85. The van der Waals surface area contributed by atoms with Crippen molar-refractivity contribution >= 4 is 27.3 Å². The number of aryl methyl sites for hydroxylation is 3. The van der Waals surface area contributed by atoms with E-state index in [9.17, 15) is 13.2 Å². The molecular weight excluding hydrogens is 464 g/mol. The van der Waals surface area contributed by atoms with Gasteiger partial charge in [0.1, 0.15) is 0 Å². The lowest BCUT2D eigenvalue weighted by atomic mass is 10.1. The van der Waals surface area contributed by atoms with Crippen LogP contribution in [-0.2, 0) is 27.9 Å². The monoisotopic (exact) mass is 498 g/mol. The Morgan fingerprint density at radius 2 is 1.59 bits per heavy atom. The summed E-state index contributed by atoms with van der Waals surface area (Å²) in [4.78, 5) is 16.7. The van der Waals surface area contributed by atoms with Crippen LogP contribution in [0, 0.1) is 26.7 Å². The lowest BCUT2D eigenvalue weighted by molar-refractivity contribution is -0.132. The van der Waals surface area contributed by atoms with E-state index in [-0.39, 0.29) is 24.9 Å². The van der Waals surface area contributed by atoms with E-state index < -0.39 is 10.0 Å². The number of amides is 1. The van der Waals surface area contributed by atoms with Crippen molar-refractivity contribution in [2.75, 3.05) is 13.1 Å². The number of carbonyl (C=O) groups excluding carboxylic acids is 1. The topological polar surface area (TPSA) is 57.7 Å². The van der Waals surface area contributed by atoms with E-state index in [0.717, 1.165) is 16.0 Å². The summed E-state index contributed by atoms with van der Waals surface area (Å²) in [6.07, 6.45) is 0. The molecule has 1 aromatic heterocycles. The van der Waals surface area contributed by atoms with Crippen molar-refractivity contribution in [3.8, 4) is 0 Å². The second-order valence-electron chi connectivity index (χ2n) is 9.23. The SMILES string of the molecule is Cc1cc(C)c(S(=O)(=O)N(CC(=O)N(Cc2ccccc2)Cc2cccs2)CC(C)C)c(C)c1. The average molecular weight is 499 g/mol. The summed E-state index contributed by atoms with van der Waals surface area (Å²) in [5.74, 6) is -0.127. The molecule has 0 N–H and O–H groups in total. The van der Waals surface area contributed by atoms with Crippen LogP contribution in [0.2, 0.25) is 0 Å². The van der Waals surface area contributed by atoms with E-state index in [4.69, 9.17) is 0 Å². The summed E-state index contributed by atoms with van der Waals surface area (Å²) in [6, 6.07) is 17.5. The van der Waals surface area contributed by atoms with Crippen LogP contribution < -0.4 is 0 Å². The van der Waals surface area contributed by atoms with Gasteiger partial charge in [0.15, 0.2) is 0 Å². The normalized spacial score (nSPS) is 11.9. The van der Waals surface area contributed by atoms with Gasteiger partial charge >= 0.3 is 0 Å². The maximum Gasteiger partial charge on any atom is 0.244 e. The summed E-state index contributed by atoms with van der Waals surface area (Å²) in [5, 5.41) is 1.99. The number of rotatable bonds is 10. The number of carbonyl (C=O) groups is 1. The van der Waals surface area contributed by atoms with Crippen molar-refractivity contribution in [1.82, 2.24) is 9.21 Å². The molecule has 7 heteroatoms. The van der Waals surface area contributed by atoms with Crippen molar-refractivity contribution in [3.05, 3.63) is 87.1 Å². The number of hydrogen-bond acceptors (Lipinski definition) is 4. The van der Waals surface area contributed by atoms with Gasteiger partial charge in [0.2, 0.25) is 15.9 Å². The first-order valence-corrected chi connectivity index (χ1v) is 13.8. The van der Waals surface area contributed by atoms with Gasteiger partial charge in [-0.3, -0.25) is 4.79 Å². The third-order valence-electron chi connectivity index (χ3n) is 5.58. The molecule has 0 aliphatic carbocycles. The molecule has 0 unspecified atom stereocenters. The molecule has 1 heterocycles. The minimum Gasteiger partial charge on any atom is -0.332 e. The fourth-order valence-electron chi connectivity index (χ4n) is 4.24. The lowest BCUT2D eigenvalue weighted by Crippen LogP contribution is -2.44. The number of sulfonamides is 1. The predicted octanol–water partition coefficient (Wildman–Crippen LogP) is 5.55. The summed E-state index contributed by atoms with van der Waals surface area (Å²) in [5.41, 5.74) is 3.44. The van der Waals surface area contributed by atoms with Crippen LogP contribution in [0.4, 0.5) is 0 Å². The van der Waals surface area contributed by atoms with Crippen molar-refractivity contribution in [1.29, 1.82) is 0 Å². The number of hydrogen-bond donors (Lipinski definition) is 0. The second kappa shape index (κ2) is 11.3. The lowest BCUT2D eigenvalue weighted by Gasteiger charge is -2.29. The Balaban J connectivity index is 1.93. The first-order chi connectivity index (χ1) is 16.1. The minimum absolute atomic E-state index is 0.0773. The Morgan fingerprint density at radius 3 is 2.15 bits per heavy atom. The molecule has 0 bridgehead atoms. The Bertz CT molecular complexity index is 1180. The molecule has 0 spiro atoms. The van der Waals surface area contributed by atoms with Crippen molar-refractivity contribution in [2.24, 2.45) is 5.92 Å². The van der Waals surface area contributed by atoms with E-state index in [2.05, 4.69) is 0 Å². The quantitative estimate of drug-likeness (QED) is 0.368.